The van der Waals surface area contributed by atoms with Crippen LogP contribution in [0.2, 0.25) is 0 Å². The van der Waals surface area contributed by atoms with E-state index in [-0.39, 0.29) is 73.1 Å². The summed E-state index contributed by atoms with van der Waals surface area (Å²) >= 11 is 0. The summed E-state index contributed by atoms with van der Waals surface area (Å²) in [6.07, 6.45) is 3.54. The van der Waals surface area contributed by atoms with Gasteiger partial charge in [-0.25, -0.2) is 0 Å². The first-order valence-corrected chi connectivity index (χ1v) is 21.4. The maximum atomic E-state index is 14.8. The van der Waals surface area contributed by atoms with E-state index in [9.17, 15) is 45.6 Å². The van der Waals surface area contributed by atoms with Crippen LogP contribution in [0.4, 0.5) is 0 Å². The second-order valence-electron chi connectivity index (χ2n) is 19.7. The summed E-state index contributed by atoms with van der Waals surface area (Å²) in [6.45, 7) is 11.4. The molecule has 0 amide bonds. The van der Waals surface area contributed by atoms with E-state index in [4.69, 9.17) is 9.47 Å². The Balaban J connectivity index is 1.22. The van der Waals surface area contributed by atoms with E-state index < -0.39 is 69.8 Å². The first-order chi connectivity index (χ1) is 26.9. The number of ketones is 1. The predicted octanol–water partition coefficient (Wildman–Crippen LogP) is 3.23. The summed E-state index contributed by atoms with van der Waals surface area (Å²) < 4.78 is 13.6. The predicted molar refractivity (Wildman–Crippen MR) is 210 cm³/mol. The molecule has 0 unspecified atom stereocenters. The lowest BCUT2D eigenvalue weighted by atomic mass is 9.43. The van der Waals surface area contributed by atoms with Gasteiger partial charge in [0.05, 0.1) is 30.0 Å². The highest BCUT2D eigenvalue weighted by Gasteiger charge is 2.82. The Morgan fingerprint density at radius 2 is 1.72 bits per heavy atom. The Morgan fingerprint density at radius 1 is 0.982 bits per heavy atom. The van der Waals surface area contributed by atoms with Crippen LogP contribution in [0.1, 0.15) is 97.5 Å². The molecule has 1 saturated heterocycles. The molecule has 9 rings (SSSR count). The van der Waals surface area contributed by atoms with Gasteiger partial charge in [-0.15, -0.1) is 0 Å². The van der Waals surface area contributed by atoms with Gasteiger partial charge in [0.25, 0.3) is 0 Å². The molecule has 12 heteroatoms. The summed E-state index contributed by atoms with van der Waals surface area (Å²) in [5, 5.41) is 96.0. The third-order valence-electron chi connectivity index (χ3n) is 17.2. The van der Waals surface area contributed by atoms with Crippen molar-refractivity contribution in [3.63, 3.8) is 0 Å². The number of aromatic hydroxyl groups is 2. The van der Waals surface area contributed by atoms with Crippen molar-refractivity contribution in [2.45, 2.75) is 133 Å². The summed E-state index contributed by atoms with van der Waals surface area (Å²) in [5.74, 6) is -4.07. The van der Waals surface area contributed by atoms with E-state index in [1.807, 2.05) is 27.7 Å². The van der Waals surface area contributed by atoms with Crippen molar-refractivity contribution in [1.29, 1.82) is 0 Å². The van der Waals surface area contributed by atoms with Crippen molar-refractivity contribution >= 4 is 5.78 Å². The van der Waals surface area contributed by atoms with E-state index in [0.717, 1.165) is 18.5 Å². The molecular formula is C45H65NO11. The number of aliphatic hydroxyl groups excluding tert-OH is 4. The third kappa shape index (κ3) is 5.47. The zero-order valence-corrected chi connectivity index (χ0v) is 34.2. The molecule has 57 heavy (non-hydrogen) atoms. The van der Waals surface area contributed by atoms with Gasteiger partial charge in [-0.05, 0) is 97.1 Å². The molecule has 2 bridgehead atoms. The van der Waals surface area contributed by atoms with Crippen LogP contribution in [0.5, 0.6) is 11.5 Å². The normalized spacial score (nSPS) is 48.5. The van der Waals surface area contributed by atoms with Crippen LogP contribution in [0.3, 0.4) is 0 Å². The summed E-state index contributed by atoms with van der Waals surface area (Å²) in [7, 11) is 0. The van der Waals surface area contributed by atoms with Gasteiger partial charge in [0.2, 0.25) is 0 Å². The van der Waals surface area contributed by atoms with E-state index in [1.165, 1.54) is 12.1 Å². The smallest absolute Gasteiger partial charge is 0.160 e. The molecule has 16 atom stereocenters. The third-order valence-corrected chi connectivity index (χ3v) is 17.2. The van der Waals surface area contributed by atoms with Crippen LogP contribution in [0, 0.1) is 45.8 Å². The van der Waals surface area contributed by atoms with Gasteiger partial charge in [0.1, 0.15) is 11.2 Å². The number of phenolic OH excluding ortho intramolecular Hbond substituents is 2. The van der Waals surface area contributed by atoms with Crippen molar-refractivity contribution in [3.05, 3.63) is 47.1 Å². The Kier molecular flexibility index (Phi) is 10.2. The van der Waals surface area contributed by atoms with Crippen molar-refractivity contribution in [3.8, 4) is 11.5 Å². The maximum Gasteiger partial charge on any atom is 0.160 e. The number of carbonyl (C=O) groups excluding carboxylic acids is 1. The molecule has 4 saturated carbocycles. The topological polar surface area (TPSA) is 209 Å². The van der Waals surface area contributed by atoms with E-state index in [1.54, 1.807) is 12.1 Å². The van der Waals surface area contributed by atoms with Gasteiger partial charge < -0.3 is 55.6 Å². The number of phenols is 2. The van der Waals surface area contributed by atoms with Gasteiger partial charge in [-0.1, -0.05) is 52.3 Å². The molecule has 1 spiro atoms. The largest absolute Gasteiger partial charge is 0.504 e. The van der Waals surface area contributed by atoms with Gasteiger partial charge in [0, 0.05) is 68.3 Å². The highest BCUT2D eigenvalue weighted by Crippen LogP contribution is 2.75. The van der Waals surface area contributed by atoms with E-state index in [2.05, 4.69) is 18.3 Å². The first kappa shape index (κ1) is 41.3. The second kappa shape index (κ2) is 14.1. The molecule has 1 aliphatic heterocycles. The molecule has 7 aliphatic carbocycles. The second-order valence-corrected chi connectivity index (χ2v) is 19.7. The molecule has 12 nitrogen and oxygen atoms in total. The standard InChI is InChI=1S/C45H65NO11/c1-6-46-23-26-20-40(3)12-10-27(26)45(39(53)24(40)2)43(54,14-16-48)38-34(57-45)22-44(55)29-19-32(51)36-35(25-8-9-30(49)31(50)18-25)37(52)33(56-17-7-15-47)21-41(36,4)28(29)11-13-42(38,44)5/h8-9,18-20,24,27-28,33-39,46-50,52-55H,6-7,10-17,21-23H2,1-5H3/t24-,27+,28+,33+,34+,35-,36-,37+,38+,39+,40-,41-,42-,43-,44-,45+/m1/s1. The Hall–Kier alpha value is -2.39. The molecule has 0 radical (unpaired) electrons. The minimum Gasteiger partial charge on any atom is -0.504 e. The summed E-state index contributed by atoms with van der Waals surface area (Å²) in [4.78, 5) is 14.8. The SMILES string of the molecule is CCNCC1=C[C@@]2(C)CC[C@@H]1[C@]1(O[C@H]3C[C@@]4(O)C5=CC(=O)[C@@H]6[C@@H](c7ccc(O)c(O)c7)[C@@H](O)[C@@H](OCCCO)C[C@]6(C)[C@H]5CC[C@]4(C)[C@H]3[C@]1(O)CCO)[C@@H](O)[C@H]2C. The van der Waals surface area contributed by atoms with Crippen LogP contribution in [0.25, 0.3) is 0 Å². The molecule has 9 N–H and O–H groups in total. The van der Waals surface area contributed by atoms with Gasteiger partial charge in [-0.3, -0.25) is 4.79 Å². The van der Waals surface area contributed by atoms with Crippen molar-refractivity contribution in [2.75, 3.05) is 32.9 Å². The van der Waals surface area contributed by atoms with Crippen molar-refractivity contribution in [2.24, 2.45) is 45.8 Å². The van der Waals surface area contributed by atoms with Crippen LogP contribution < -0.4 is 5.32 Å². The molecule has 1 aromatic rings. The lowest BCUT2D eigenvalue weighted by Crippen LogP contribution is -2.70. The fourth-order valence-electron chi connectivity index (χ4n) is 14.4. The van der Waals surface area contributed by atoms with Crippen molar-refractivity contribution in [1.82, 2.24) is 5.32 Å². The summed E-state index contributed by atoms with van der Waals surface area (Å²) in [5.41, 5.74) is -4.72. The molecule has 0 aromatic heterocycles. The molecule has 1 heterocycles. The highest BCUT2D eigenvalue weighted by atomic mass is 16.6. The minimum atomic E-state index is -1.73. The lowest BCUT2D eigenvalue weighted by molar-refractivity contribution is -0.246. The van der Waals surface area contributed by atoms with Gasteiger partial charge in [-0.2, -0.15) is 0 Å². The van der Waals surface area contributed by atoms with Crippen molar-refractivity contribution < 1.29 is 55.1 Å². The van der Waals surface area contributed by atoms with Crippen LogP contribution in [-0.2, 0) is 14.3 Å². The number of rotatable bonds is 10. The lowest BCUT2D eigenvalue weighted by Gasteiger charge is -2.63. The number of nitrogens with one attached hydrogen (secondary N) is 1. The van der Waals surface area contributed by atoms with Crippen LogP contribution >= 0.6 is 0 Å². The molecule has 316 valence electrons. The monoisotopic (exact) mass is 795 g/mol. The average molecular weight is 796 g/mol. The Labute approximate surface area is 336 Å². The average Bonchev–Trinajstić information content (AvgIpc) is 3.51. The number of allylic oxidation sites excluding steroid dienone is 2. The van der Waals surface area contributed by atoms with Gasteiger partial charge in [0.15, 0.2) is 17.3 Å². The first-order valence-electron chi connectivity index (χ1n) is 21.4. The van der Waals surface area contributed by atoms with Gasteiger partial charge >= 0.3 is 0 Å². The Bertz CT molecular complexity index is 1820. The fourth-order valence-corrected chi connectivity index (χ4v) is 14.4. The van der Waals surface area contributed by atoms with E-state index >= 15 is 0 Å². The molecule has 5 fully saturated rings. The summed E-state index contributed by atoms with van der Waals surface area (Å²) in [6, 6.07) is 4.35. The zero-order chi connectivity index (χ0) is 41.1. The molecule has 1 aromatic carbocycles. The Morgan fingerprint density at radius 3 is 2.40 bits per heavy atom. The number of benzene rings is 1. The number of carbonyl (C=O) groups is 1. The van der Waals surface area contributed by atoms with Crippen LogP contribution in [0.15, 0.2) is 41.5 Å². The number of fused-ring (bicyclic) bond motifs is 9. The quantitative estimate of drug-likeness (QED) is 0.0951. The number of ether oxygens (including phenoxy) is 2. The zero-order valence-electron chi connectivity index (χ0n) is 34.2. The molecule has 8 aliphatic rings. The number of likely N-dealkylation sites (N-methyl/N-ethyl adjacent to an activating group) is 1. The fraction of sp³-hybridized carbons (Fsp3) is 0.756. The van der Waals surface area contributed by atoms with Crippen LogP contribution in [-0.4, -0.2) is 121 Å². The number of hydrogen-bond acceptors (Lipinski definition) is 12. The van der Waals surface area contributed by atoms with E-state index in [0.29, 0.717) is 49.8 Å². The minimum absolute atomic E-state index is 0.0432. The number of hydrogen-bond donors (Lipinski definition) is 9. The molecular weight excluding hydrogens is 730 g/mol. The maximum absolute atomic E-state index is 14.8. The highest BCUT2D eigenvalue weighted by molar-refractivity contribution is 5.96. The number of aliphatic hydroxyl groups is 6.